The minimum Gasteiger partial charge on any atom is -0.505 e. The van der Waals surface area contributed by atoms with Crippen molar-refractivity contribution in [3.63, 3.8) is 0 Å². The highest BCUT2D eigenvalue weighted by Crippen LogP contribution is 2.42. The maximum Gasteiger partial charge on any atom is 0.326 e. The van der Waals surface area contributed by atoms with Crippen LogP contribution >= 0.6 is 0 Å². The van der Waals surface area contributed by atoms with Crippen molar-refractivity contribution in [1.82, 2.24) is 5.32 Å². The molecule has 1 unspecified atom stereocenters. The Labute approximate surface area is 232 Å². The second kappa shape index (κ2) is 11.0. The molecule has 9 nitrogen and oxygen atoms in total. The molecule has 1 atom stereocenters. The van der Waals surface area contributed by atoms with Crippen molar-refractivity contribution in [3.05, 3.63) is 75.4 Å². The Balaban J connectivity index is 1.70. The second-order valence-electron chi connectivity index (χ2n) is 10.6. The van der Waals surface area contributed by atoms with Crippen LogP contribution < -0.4 is 10.7 Å². The molecule has 1 aliphatic carbocycles. The van der Waals surface area contributed by atoms with Gasteiger partial charge in [-0.2, -0.15) is 0 Å². The average Bonchev–Trinajstić information content (AvgIpc) is 2.86. The fraction of sp³-hybridized carbons (Fsp3) is 0.267. The maximum atomic E-state index is 14.4. The van der Waals surface area contributed by atoms with E-state index in [2.05, 4.69) is 5.32 Å². The molecule has 1 aliphatic heterocycles. The minimum atomic E-state index is -1.36. The molecule has 0 saturated heterocycles. The van der Waals surface area contributed by atoms with E-state index in [0.29, 0.717) is 16.7 Å². The molecule has 0 aromatic heterocycles. The zero-order valence-electron chi connectivity index (χ0n) is 22.6. The van der Waals surface area contributed by atoms with E-state index < -0.39 is 52.3 Å². The van der Waals surface area contributed by atoms with Gasteiger partial charge in [0.1, 0.15) is 23.0 Å². The summed E-state index contributed by atoms with van der Waals surface area (Å²) < 4.78 is 39.6. The molecule has 1 heterocycles. The first kappa shape index (κ1) is 29.2. The number of carboxylic acid groups (broad SMARTS) is 1. The molecule has 3 N–H and O–H groups in total. The summed E-state index contributed by atoms with van der Waals surface area (Å²) in [4.78, 5) is 48.7. The fourth-order valence-corrected chi connectivity index (χ4v) is 4.43. The van der Waals surface area contributed by atoms with Crippen LogP contribution in [0.5, 0.6) is 5.75 Å². The first-order chi connectivity index (χ1) is 19.1. The van der Waals surface area contributed by atoms with Crippen LogP contribution in [-0.4, -0.2) is 39.7 Å². The molecule has 0 radical (unpaired) electrons. The molecule has 1 amide bonds. The van der Waals surface area contributed by atoms with Crippen LogP contribution in [0.4, 0.5) is 8.78 Å². The van der Waals surface area contributed by atoms with E-state index in [1.165, 1.54) is 18.2 Å². The van der Waals surface area contributed by atoms with Gasteiger partial charge in [0.05, 0.1) is 0 Å². The summed E-state index contributed by atoms with van der Waals surface area (Å²) in [7, 11) is 0. The van der Waals surface area contributed by atoms with E-state index in [-0.39, 0.29) is 40.7 Å². The Hall–Kier alpha value is -4.80. The number of carbonyl (C=O) groups excluding carboxylic acids is 2. The van der Waals surface area contributed by atoms with Crippen LogP contribution in [0.15, 0.2) is 51.7 Å². The number of aliphatic carboxylic acids is 1. The number of amides is 1. The van der Waals surface area contributed by atoms with Gasteiger partial charge in [0, 0.05) is 40.6 Å². The average molecular weight is 568 g/mol. The Morgan fingerprint density at radius 1 is 1.02 bits per heavy atom. The highest BCUT2D eigenvalue weighted by Gasteiger charge is 2.26. The highest BCUT2D eigenvalue weighted by molar-refractivity contribution is 6.04. The number of carbonyl (C=O) groups is 3. The minimum absolute atomic E-state index is 0.000384. The topological polar surface area (TPSA) is 143 Å². The molecule has 0 bridgehead atoms. The van der Waals surface area contributed by atoms with Crippen molar-refractivity contribution in [2.45, 2.75) is 52.2 Å². The van der Waals surface area contributed by atoms with Gasteiger partial charge >= 0.3 is 11.9 Å². The van der Waals surface area contributed by atoms with Gasteiger partial charge in [0.25, 0.3) is 5.91 Å². The van der Waals surface area contributed by atoms with Crippen molar-refractivity contribution in [2.24, 2.45) is 0 Å². The summed E-state index contributed by atoms with van der Waals surface area (Å²) in [5, 5.41) is 22.0. The third-order valence-corrected chi connectivity index (χ3v) is 6.26. The molecule has 2 aromatic rings. The van der Waals surface area contributed by atoms with Crippen LogP contribution in [0.3, 0.4) is 0 Å². The molecule has 0 fully saturated rings. The third-order valence-electron chi connectivity index (χ3n) is 6.26. The summed E-state index contributed by atoms with van der Waals surface area (Å²) in [6, 6.07) is 7.02. The first-order valence-corrected chi connectivity index (χ1v) is 12.6. The number of rotatable bonds is 7. The molecule has 11 heteroatoms. The van der Waals surface area contributed by atoms with E-state index in [0.717, 1.165) is 24.3 Å². The van der Waals surface area contributed by atoms with Gasteiger partial charge in [0.15, 0.2) is 17.4 Å². The lowest BCUT2D eigenvalue weighted by molar-refractivity contribution is -0.155. The number of fused-ring (bicyclic) bond motifs is 2. The van der Waals surface area contributed by atoms with Gasteiger partial charge in [-0.15, -0.1) is 0 Å². The predicted molar refractivity (Wildman–Crippen MR) is 145 cm³/mol. The lowest BCUT2D eigenvalue weighted by Gasteiger charge is -2.20. The van der Waals surface area contributed by atoms with Crippen molar-refractivity contribution >= 4 is 28.8 Å². The summed E-state index contributed by atoms with van der Waals surface area (Å²) in [5.41, 5.74) is -0.147. The number of aromatic hydroxyl groups is 1. The lowest BCUT2D eigenvalue weighted by Crippen LogP contribution is -2.41. The quantitative estimate of drug-likeness (QED) is 0.205. The van der Waals surface area contributed by atoms with Crippen LogP contribution in [0.1, 0.15) is 49.5 Å². The molecule has 214 valence electrons. The predicted octanol–water partition coefficient (Wildman–Crippen LogP) is 5.16. The zero-order valence-corrected chi connectivity index (χ0v) is 22.6. The molecule has 4 rings (SSSR count). The van der Waals surface area contributed by atoms with Crippen molar-refractivity contribution < 1.29 is 42.5 Å². The van der Waals surface area contributed by atoms with E-state index in [4.69, 9.17) is 9.15 Å². The number of phenols is 1. The van der Waals surface area contributed by atoms with Crippen molar-refractivity contribution in [3.8, 4) is 28.2 Å². The Bertz CT molecular complexity index is 1720. The van der Waals surface area contributed by atoms with Crippen LogP contribution in [-0.2, 0) is 14.3 Å². The van der Waals surface area contributed by atoms with Crippen molar-refractivity contribution in [2.75, 3.05) is 0 Å². The van der Waals surface area contributed by atoms with Gasteiger partial charge < -0.3 is 24.7 Å². The van der Waals surface area contributed by atoms with E-state index in [9.17, 15) is 38.2 Å². The van der Waals surface area contributed by atoms with Crippen LogP contribution in [0, 0.1) is 18.6 Å². The number of carboxylic acids is 1. The van der Waals surface area contributed by atoms with E-state index in [1.807, 2.05) is 0 Å². The largest absolute Gasteiger partial charge is 0.505 e. The number of nitrogens with one attached hydrogen (secondary N) is 1. The lowest BCUT2D eigenvalue weighted by atomic mass is 9.90. The molecule has 2 aliphatic rings. The molecule has 41 heavy (non-hydrogen) atoms. The zero-order chi connectivity index (χ0) is 30.2. The first-order valence-electron chi connectivity index (χ1n) is 12.6. The Morgan fingerprint density at radius 2 is 1.73 bits per heavy atom. The van der Waals surface area contributed by atoms with E-state index >= 15 is 0 Å². The SMILES string of the molecule is Cc1cc(C(=O)NC(CCC(=O)OC(C)(C)C)C(=O)O)ccc1-c1c2cc(F)c(=O)cc-2oc2cc(O)c(F)cc12. The van der Waals surface area contributed by atoms with Gasteiger partial charge in [-0.25, -0.2) is 13.6 Å². The second-order valence-corrected chi connectivity index (χ2v) is 10.6. The molecule has 0 saturated carbocycles. The van der Waals surface area contributed by atoms with Gasteiger partial charge in [-0.05, 0) is 69.5 Å². The number of benzene rings is 3. The standard InChI is InChI=1S/C30H27F2NO8/c1-14-9-15(28(37)33-21(29(38)39)7-8-26(36)41-30(2,3)4)5-6-16(14)27-17-10-19(31)22(34)12-24(17)40-25-13-23(35)20(32)11-18(25)27/h5-6,9-13,21,34H,7-8H2,1-4H3,(H,33,37)(H,38,39). The Morgan fingerprint density at radius 3 is 2.37 bits per heavy atom. The number of ether oxygens (including phenoxy) is 1. The number of hydrogen-bond acceptors (Lipinski definition) is 7. The fourth-order valence-electron chi connectivity index (χ4n) is 4.43. The van der Waals surface area contributed by atoms with Gasteiger partial charge in [-0.3, -0.25) is 14.4 Å². The molecular formula is C30H27F2NO8. The van der Waals surface area contributed by atoms with Crippen LogP contribution in [0.25, 0.3) is 33.4 Å². The van der Waals surface area contributed by atoms with E-state index in [1.54, 1.807) is 27.7 Å². The summed E-state index contributed by atoms with van der Waals surface area (Å²) >= 11 is 0. The van der Waals surface area contributed by atoms with Crippen LogP contribution in [0.2, 0.25) is 0 Å². The molecule has 2 aromatic carbocycles. The number of hydrogen-bond donors (Lipinski definition) is 3. The van der Waals surface area contributed by atoms with Crippen molar-refractivity contribution in [1.29, 1.82) is 0 Å². The van der Waals surface area contributed by atoms with Gasteiger partial charge in [0.2, 0.25) is 5.43 Å². The molecule has 0 spiro atoms. The smallest absolute Gasteiger partial charge is 0.326 e. The normalized spacial score (nSPS) is 12.3. The number of aryl methyl sites for hydroxylation is 1. The third kappa shape index (κ3) is 6.34. The summed E-state index contributed by atoms with van der Waals surface area (Å²) in [6.07, 6.45) is -0.413. The number of phenolic OH excluding ortho intramolecular Hbond substituents is 1. The summed E-state index contributed by atoms with van der Waals surface area (Å²) in [6.45, 7) is 6.68. The number of halogens is 2. The monoisotopic (exact) mass is 567 g/mol. The Kier molecular flexibility index (Phi) is 7.83. The summed E-state index contributed by atoms with van der Waals surface area (Å²) in [5.74, 6) is -5.32. The molecular weight excluding hydrogens is 540 g/mol. The maximum absolute atomic E-state index is 14.4. The highest BCUT2D eigenvalue weighted by atomic mass is 19.1. The number of esters is 1. The van der Waals surface area contributed by atoms with Gasteiger partial charge in [-0.1, -0.05) is 6.07 Å².